The lowest BCUT2D eigenvalue weighted by Gasteiger charge is -2.13. The van der Waals surface area contributed by atoms with Crippen molar-refractivity contribution in [1.29, 1.82) is 0 Å². The summed E-state index contributed by atoms with van der Waals surface area (Å²) in [6.45, 7) is 0.577. The molecule has 1 aliphatic rings. The summed E-state index contributed by atoms with van der Waals surface area (Å²) in [5, 5.41) is 21.9. The van der Waals surface area contributed by atoms with Crippen molar-refractivity contribution in [3.05, 3.63) is 31.9 Å². The molecule has 0 spiro atoms. The maximum Gasteiger partial charge on any atom is 0.318 e. The number of ether oxygens (including phenoxy) is 1. The lowest BCUT2D eigenvalue weighted by atomic mass is 10.1. The molecule has 0 atom stereocenters. The van der Waals surface area contributed by atoms with Crippen LogP contribution in [0.25, 0.3) is 0 Å². The number of hydrogen-bond donors (Lipinski definition) is 0. The fourth-order valence-corrected chi connectivity index (χ4v) is 2.23. The zero-order valence-corrected chi connectivity index (χ0v) is 9.87. The van der Waals surface area contributed by atoms with Gasteiger partial charge in [-0.1, -0.05) is 0 Å². The minimum atomic E-state index is -0.662. The van der Waals surface area contributed by atoms with Gasteiger partial charge in [-0.05, 0) is 6.42 Å². The molecular formula is C10H11N3O5. The van der Waals surface area contributed by atoms with Gasteiger partial charge in [0.15, 0.2) is 0 Å². The molecule has 1 heterocycles. The summed E-state index contributed by atoms with van der Waals surface area (Å²) in [5.74, 6) is 0.116. The maximum atomic E-state index is 11.0. The van der Waals surface area contributed by atoms with Gasteiger partial charge in [0.2, 0.25) is 5.75 Å². The third-order valence-electron chi connectivity index (χ3n) is 2.99. The second-order valence-electron chi connectivity index (χ2n) is 3.96. The summed E-state index contributed by atoms with van der Waals surface area (Å²) in [7, 11) is 3.04. The Morgan fingerprint density at radius 1 is 1.28 bits per heavy atom. The van der Waals surface area contributed by atoms with Gasteiger partial charge in [0.05, 0.1) is 23.0 Å². The van der Waals surface area contributed by atoms with Crippen molar-refractivity contribution in [1.82, 2.24) is 0 Å². The zero-order chi connectivity index (χ0) is 13.4. The number of nitro groups is 2. The van der Waals surface area contributed by atoms with Gasteiger partial charge in [-0.25, -0.2) is 0 Å². The summed E-state index contributed by atoms with van der Waals surface area (Å²) in [6.07, 6.45) is 0.498. The number of nitro benzene ring substituents is 2. The summed E-state index contributed by atoms with van der Waals surface area (Å²) in [6, 6.07) is 0.958. The average Bonchev–Trinajstić information content (AvgIpc) is 2.69. The molecule has 18 heavy (non-hydrogen) atoms. The molecule has 0 saturated carbocycles. The second-order valence-corrected chi connectivity index (χ2v) is 3.96. The smallest absolute Gasteiger partial charge is 0.318 e. The molecule has 8 nitrogen and oxygen atoms in total. The Kier molecular flexibility index (Phi) is 2.77. The van der Waals surface area contributed by atoms with Crippen LogP contribution in [0.5, 0.6) is 5.75 Å². The molecule has 0 N–H and O–H groups in total. The highest BCUT2D eigenvalue weighted by Crippen LogP contribution is 2.46. The van der Waals surface area contributed by atoms with E-state index >= 15 is 0 Å². The highest BCUT2D eigenvalue weighted by Gasteiger charge is 2.35. The highest BCUT2D eigenvalue weighted by molar-refractivity contribution is 5.79. The second kappa shape index (κ2) is 4.13. The Bertz CT molecular complexity index is 543. The van der Waals surface area contributed by atoms with Crippen LogP contribution in [-0.2, 0) is 6.42 Å². The van der Waals surface area contributed by atoms with Crippen LogP contribution in [-0.4, -0.2) is 30.5 Å². The predicted molar refractivity (Wildman–Crippen MR) is 63.3 cm³/mol. The van der Waals surface area contributed by atoms with Crippen molar-refractivity contribution in [2.45, 2.75) is 6.42 Å². The number of hydrogen-bond acceptors (Lipinski definition) is 6. The van der Waals surface area contributed by atoms with Gasteiger partial charge < -0.3 is 9.64 Å². The molecule has 0 bridgehead atoms. The van der Waals surface area contributed by atoms with Gasteiger partial charge in [-0.3, -0.25) is 20.2 Å². The van der Waals surface area contributed by atoms with Crippen molar-refractivity contribution in [3.63, 3.8) is 0 Å². The molecule has 0 fully saturated rings. The topological polar surface area (TPSA) is 98.8 Å². The van der Waals surface area contributed by atoms with Gasteiger partial charge in [-0.2, -0.15) is 0 Å². The van der Waals surface area contributed by atoms with Crippen LogP contribution in [0.1, 0.15) is 5.56 Å². The summed E-state index contributed by atoms with van der Waals surface area (Å²) < 4.78 is 5.04. The maximum absolute atomic E-state index is 11.0. The van der Waals surface area contributed by atoms with Crippen molar-refractivity contribution in [2.75, 3.05) is 25.6 Å². The minimum Gasteiger partial charge on any atom is -0.490 e. The van der Waals surface area contributed by atoms with Gasteiger partial charge in [0, 0.05) is 19.2 Å². The molecular weight excluding hydrogens is 242 g/mol. The van der Waals surface area contributed by atoms with Gasteiger partial charge in [-0.15, -0.1) is 0 Å². The van der Waals surface area contributed by atoms with E-state index in [0.717, 1.165) is 6.07 Å². The van der Waals surface area contributed by atoms with E-state index in [1.807, 2.05) is 0 Å². The molecule has 0 unspecified atom stereocenters. The molecule has 2 rings (SSSR count). The SMILES string of the molecule is COc1c([N+](=O)[O-])cc([N+](=O)[O-])c2c1CCN2C. The first-order valence-electron chi connectivity index (χ1n) is 5.21. The lowest BCUT2D eigenvalue weighted by molar-refractivity contribution is -0.394. The average molecular weight is 253 g/mol. The first-order valence-corrected chi connectivity index (χ1v) is 5.21. The molecule has 0 amide bonds. The number of nitrogens with zero attached hydrogens (tertiary/aromatic N) is 3. The minimum absolute atomic E-state index is 0.116. The van der Waals surface area contributed by atoms with Crippen LogP contribution < -0.4 is 9.64 Å². The Balaban J connectivity index is 2.79. The van der Waals surface area contributed by atoms with Crippen LogP contribution in [0.3, 0.4) is 0 Å². The van der Waals surface area contributed by atoms with E-state index in [1.165, 1.54) is 7.11 Å². The molecule has 96 valence electrons. The fourth-order valence-electron chi connectivity index (χ4n) is 2.23. The molecule has 0 radical (unpaired) electrons. The Hall–Kier alpha value is -2.38. The molecule has 1 aliphatic heterocycles. The van der Waals surface area contributed by atoms with Crippen molar-refractivity contribution >= 4 is 17.1 Å². The molecule has 1 aromatic carbocycles. The van der Waals surface area contributed by atoms with Crippen LogP contribution in [0.15, 0.2) is 6.07 Å². The summed E-state index contributed by atoms with van der Waals surface area (Å²) >= 11 is 0. The molecule has 0 aromatic heterocycles. The van der Waals surface area contributed by atoms with E-state index in [2.05, 4.69) is 0 Å². The molecule has 0 saturated heterocycles. The van der Waals surface area contributed by atoms with E-state index in [1.54, 1.807) is 11.9 Å². The van der Waals surface area contributed by atoms with Crippen molar-refractivity contribution in [2.24, 2.45) is 0 Å². The molecule has 8 heteroatoms. The predicted octanol–water partition coefficient (Wildman–Crippen LogP) is 1.50. The number of anilines is 1. The van der Waals surface area contributed by atoms with Crippen molar-refractivity contribution in [3.8, 4) is 5.75 Å². The third-order valence-corrected chi connectivity index (χ3v) is 2.99. The highest BCUT2D eigenvalue weighted by atomic mass is 16.6. The summed E-state index contributed by atoms with van der Waals surface area (Å²) in [4.78, 5) is 22.4. The van der Waals surface area contributed by atoms with Crippen molar-refractivity contribution < 1.29 is 14.6 Å². The van der Waals surface area contributed by atoms with Gasteiger partial charge in [0.25, 0.3) is 5.69 Å². The number of rotatable bonds is 3. The van der Waals surface area contributed by atoms with Crippen LogP contribution >= 0.6 is 0 Å². The Labute approximate surface area is 102 Å². The monoisotopic (exact) mass is 253 g/mol. The fraction of sp³-hybridized carbons (Fsp3) is 0.400. The third kappa shape index (κ3) is 1.62. The van der Waals surface area contributed by atoms with Gasteiger partial charge in [0.1, 0.15) is 5.69 Å². The van der Waals surface area contributed by atoms with Crippen LogP contribution in [0, 0.1) is 20.2 Å². The van der Waals surface area contributed by atoms with E-state index in [-0.39, 0.29) is 17.1 Å². The first kappa shape index (κ1) is 12.1. The van der Waals surface area contributed by atoms with E-state index in [9.17, 15) is 20.2 Å². The standard InChI is InChI=1S/C10H11N3O5/c1-11-4-3-6-9(11)7(12(14)15)5-8(13(16)17)10(6)18-2/h5H,3-4H2,1-2H3. The normalized spacial score (nSPS) is 13.3. The summed E-state index contributed by atoms with van der Waals surface area (Å²) in [5.41, 5.74) is 0.319. The molecule has 1 aromatic rings. The van der Waals surface area contributed by atoms with E-state index in [4.69, 9.17) is 4.74 Å². The number of methoxy groups -OCH3 is 1. The lowest BCUT2D eigenvalue weighted by Crippen LogP contribution is -2.14. The van der Waals surface area contributed by atoms with Gasteiger partial charge >= 0.3 is 5.69 Å². The Morgan fingerprint density at radius 2 is 1.89 bits per heavy atom. The molecule has 0 aliphatic carbocycles. The number of benzene rings is 1. The largest absolute Gasteiger partial charge is 0.490 e. The zero-order valence-electron chi connectivity index (χ0n) is 9.87. The van der Waals surface area contributed by atoms with E-state index in [0.29, 0.717) is 24.2 Å². The Morgan fingerprint density at radius 3 is 2.39 bits per heavy atom. The van der Waals surface area contributed by atoms with E-state index < -0.39 is 9.85 Å². The number of fused-ring (bicyclic) bond motifs is 1. The van der Waals surface area contributed by atoms with Crippen LogP contribution in [0.2, 0.25) is 0 Å². The quantitative estimate of drug-likeness (QED) is 0.598. The first-order chi connectivity index (χ1) is 8.47. The number of likely N-dealkylation sites (N-methyl/N-ethyl adjacent to an activating group) is 1. The van der Waals surface area contributed by atoms with Crippen LogP contribution in [0.4, 0.5) is 17.1 Å².